The van der Waals surface area contributed by atoms with E-state index in [1.165, 1.54) is 7.11 Å². The standard InChI is InChI=1S/C18H29N3O4/c1-11-9-21(10-12(2)25-11)8-6-7-19-17(22)16-13(3)15(14(4)20-16)18(23)24-5/h11-12,20H,6-10H2,1-5H3,(H,19,22)/t11-,12+. The van der Waals surface area contributed by atoms with Gasteiger partial charge >= 0.3 is 5.97 Å². The smallest absolute Gasteiger partial charge is 0.339 e. The van der Waals surface area contributed by atoms with Crippen molar-refractivity contribution in [3.05, 3.63) is 22.5 Å². The van der Waals surface area contributed by atoms with E-state index < -0.39 is 5.97 Å². The van der Waals surface area contributed by atoms with Crippen molar-refractivity contribution in [1.29, 1.82) is 0 Å². The van der Waals surface area contributed by atoms with Gasteiger partial charge in [-0.2, -0.15) is 0 Å². The molecule has 2 atom stereocenters. The van der Waals surface area contributed by atoms with E-state index >= 15 is 0 Å². The molecule has 0 aromatic carbocycles. The number of esters is 1. The topological polar surface area (TPSA) is 83.7 Å². The van der Waals surface area contributed by atoms with E-state index in [4.69, 9.17) is 9.47 Å². The summed E-state index contributed by atoms with van der Waals surface area (Å²) in [7, 11) is 1.33. The van der Waals surface area contributed by atoms with Crippen molar-refractivity contribution >= 4 is 11.9 Å². The Labute approximate surface area is 149 Å². The normalized spacial score (nSPS) is 21.2. The van der Waals surface area contributed by atoms with Gasteiger partial charge in [0, 0.05) is 31.9 Å². The monoisotopic (exact) mass is 351 g/mol. The number of hydrogen-bond donors (Lipinski definition) is 2. The summed E-state index contributed by atoms with van der Waals surface area (Å²) in [5.74, 6) is -0.625. The van der Waals surface area contributed by atoms with E-state index in [1.807, 2.05) is 0 Å². The fourth-order valence-electron chi connectivity index (χ4n) is 3.45. The number of morpholine rings is 1. The van der Waals surface area contributed by atoms with Crippen molar-refractivity contribution in [1.82, 2.24) is 15.2 Å². The Morgan fingerprint density at radius 3 is 2.52 bits per heavy atom. The molecule has 0 bridgehead atoms. The lowest BCUT2D eigenvalue weighted by molar-refractivity contribution is -0.0680. The van der Waals surface area contributed by atoms with Crippen LogP contribution < -0.4 is 5.32 Å². The van der Waals surface area contributed by atoms with Crippen LogP contribution >= 0.6 is 0 Å². The van der Waals surface area contributed by atoms with Crippen LogP contribution in [0.1, 0.15) is 52.4 Å². The van der Waals surface area contributed by atoms with Gasteiger partial charge in [0.25, 0.3) is 5.91 Å². The molecule has 1 aliphatic heterocycles. The number of amides is 1. The number of carbonyl (C=O) groups is 2. The van der Waals surface area contributed by atoms with Crippen LogP contribution in [0.5, 0.6) is 0 Å². The van der Waals surface area contributed by atoms with Gasteiger partial charge in [0.05, 0.1) is 24.9 Å². The summed E-state index contributed by atoms with van der Waals surface area (Å²) >= 11 is 0. The van der Waals surface area contributed by atoms with Gasteiger partial charge in [0.15, 0.2) is 0 Å². The van der Waals surface area contributed by atoms with Crippen molar-refractivity contribution in [2.24, 2.45) is 0 Å². The number of aryl methyl sites for hydroxylation is 1. The molecule has 1 saturated heterocycles. The van der Waals surface area contributed by atoms with Crippen LogP contribution in [0.3, 0.4) is 0 Å². The number of ether oxygens (including phenoxy) is 2. The number of H-pyrrole nitrogens is 1. The minimum atomic E-state index is -0.430. The van der Waals surface area contributed by atoms with Crippen LogP contribution in [0.15, 0.2) is 0 Å². The summed E-state index contributed by atoms with van der Waals surface area (Å²) in [6.45, 7) is 11.0. The average Bonchev–Trinajstić information content (AvgIpc) is 2.84. The molecular weight excluding hydrogens is 322 g/mol. The van der Waals surface area contributed by atoms with Crippen molar-refractivity contribution in [2.45, 2.75) is 46.3 Å². The van der Waals surface area contributed by atoms with E-state index in [2.05, 4.69) is 29.0 Å². The predicted octanol–water partition coefficient (Wildman–Crippen LogP) is 1.65. The van der Waals surface area contributed by atoms with E-state index in [1.54, 1.807) is 13.8 Å². The second kappa shape index (κ2) is 8.49. The maximum Gasteiger partial charge on any atom is 0.339 e. The van der Waals surface area contributed by atoms with Crippen molar-refractivity contribution in [3.8, 4) is 0 Å². The lowest BCUT2D eigenvalue weighted by Gasteiger charge is -2.35. The first-order chi connectivity index (χ1) is 11.8. The Morgan fingerprint density at radius 2 is 1.92 bits per heavy atom. The third kappa shape index (κ3) is 4.83. The molecule has 1 aromatic rings. The predicted molar refractivity (Wildman–Crippen MR) is 95.0 cm³/mol. The molecule has 0 aliphatic carbocycles. The van der Waals surface area contributed by atoms with Crippen LogP contribution in [0.2, 0.25) is 0 Å². The number of carbonyl (C=O) groups excluding carboxylic acids is 2. The zero-order chi connectivity index (χ0) is 18.6. The third-order valence-corrected chi connectivity index (χ3v) is 4.49. The van der Waals surface area contributed by atoms with Gasteiger partial charge in [-0.25, -0.2) is 4.79 Å². The number of nitrogens with zero attached hydrogens (tertiary/aromatic N) is 1. The zero-order valence-corrected chi connectivity index (χ0v) is 15.8. The molecule has 0 spiro atoms. The number of rotatable bonds is 6. The quantitative estimate of drug-likeness (QED) is 0.601. The van der Waals surface area contributed by atoms with Gasteiger partial charge in [-0.3, -0.25) is 9.69 Å². The molecule has 7 nitrogen and oxygen atoms in total. The van der Waals surface area contributed by atoms with Gasteiger partial charge in [0.2, 0.25) is 0 Å². The maximum atomic E-state index is 12.4. The molecule has 1 aliphatic rings. The summed E-state index contributed by atoms with van der Waals surface area (Å²) in [6, 6.07) is 0. The van der Waals surface area contributed by atoms with Crippen molar-refractivity contribution < 1.29 is 19.1 Å². The highest BCUT2D eigenvalue weighted by molar-refractivity contribution is 6.00. The average molecular weight is 351 g/mol. The number of nitrogens with one attached hydrogen (secondary N) is 2. The number of aromatic nitrogens is 1. The fourth-order valence-corrected chi connectivity index (χ4v) is 3.45. The summed E-state index contributed by atoms with van der Waals surface area (Å²) in [5, 5.41) is 2.92. The second-order valence-electron chi connectivity index (χ2n) is 6.74. The van der Waals surface area contributed by atoms with E-state index in [0.717, 1.165) is 26.1 Å². The number of methoxy groups -OCH3 is 1. The largest absolute Gasteiger partial charge is 0.465 e. The van der Waals surface area contributed by atoms with E-state index in [-0.39, 0.29) is 18.1 Å². The molecule has 1 amide bonds. The summed E-state index contributed by atoms with van der Waals surface area (Å²) in [6.07, 6.45) is 1.37. The molecule has 2 N–H and O–H groups in total. The highest BCUT2D eigenvalue weighted by Gasteiger charge is 2.23. The van der Waals surface area contributed by atoms with Crippen LogP contribution in [0.25, 0.3) is 0 Å². The SMILES string of the molecule is COC(=O)c1c(C)[nH]c(C(=O)NCCCN2C[C@@H](C)O[C@@H](C)C2)c1C. The maximum absolute atomic E-state index is 12.4. The minimum absolute atomic E-state index is 0.195. The third-order valence-electron chi connectivity index (χ3n) is 4.49. The Morgan fingerprint density at radius 1 is 1.28 bits per heavy atom. The number of hydrogen-bond acceptors (Lipinski definition) is 5. The summed E-state index contributed by atoms with van der Waals surface area (Å²) < 4.78 is 10.5. The van der Waals surface area contributed by atoms with Crippen LogP contribution in [-0.4, -0.2) is 67.3 Å². The first-order valence-electron chi connectivity index (χ1n) is 8.77. The van der Waals surface area contributed by atoms with Crippen LogP contribution in [0, 0.1) is 13.8 Å². The van der Waals surface area contributed by atoms with Gasteiger partial charge < -0.3 is 19.8 Å². The molecule has 140 valence electrons. The highest BCUT2D eigenvalue weighted by Crippen LogP contribution is 2.18. The summed E-state index contributed by atoms with van der Waals surface area (Å²) in [4.78, 5) is 29.5. The van der Waals surface area contributed by atoms with Crippen molar-refractivity contribution in [3.63, 3.8) is 0 Å². The molecule has 1 fully saturated rings. The molecule has 2 heterocycles. The molecular formula is C18H29N3O4. The lowest BCUT2D eigenvalue weighted by Crippen LogP contribution is -2.46. The molecule has 1 aromatic heterocycles. The molecule has 2 rings (SSSR count). The van der Waals surface area contributed by atoms with Crippen molar-refractivity contribution in [2.75, 3.05) is 33.3 Å². The van der Waals surface area contributed by atoms with Gasteiger partial charge in [-0.15, -0.1) is 0 Å². The first-order valence-corrected chi connectivity index (χ1v) is 8.77. The molecule has 0 unspecified atom stereocenters. The van der Waals surface area contributed by atoms with Gasteiger partial charge in [-0.1, -0.05) is 0 Å². The highest BCUT2D eigenvalue weighted by atomic mass is 16.5. The van der Waals surface area contributed by atoms with Crippen LogP contribution in [-0.2, 0) is 9.47 Å². The fraction of sp³-hybridized carbons (Fsp3) is 0.667. The lowest BCUT2D eigenvalue weighted by atomic mass is 10.1. The number of aromatic amines is 1. The molecule has 0 radical (unpaired) electrons. The zero-order valence-electron chi connectivity index (χ0n) is 15.8. The Bertz CT molecular complexity index is 616. The summed E-state index contributed by atoms with van der Waals surface area (Å²) in [5.41, 5.74) is 2.12. The van der Waals surface area contributed by atoms with E-state index in [0.29, 0.717) is 29.1 Å². The second-order valence-corrected chi connectivity index (χ2v) is 6.74. The van der Waals surface area contributed by atoms with Crippen LogP contribution in [0.4, 0.5) is 0 Å². The van der Waals surface area contributed by atoms with Gasteiger partial charge in [0.1, 0.15) is 5.69 Å². The Hall–Kier alpha value is -1.86. The molecule has 7 heteroatoms. The first kappa shape index (κ1) is 19.5. The Balaban J connectivity index is 1.84. The molecule has 25 heavy (non-hydrogen) atoms. The van der Waals surface area contributed by atoms with Gasteiger partial charge in [-0.05, 0) is 39.7 Å². The Kier molecular flexibility index (Phi) is 6.61. The minimum Gasteiger partial charge on any atom is -0.465 e. The molecule has 0 saturated carbocycles. The van der Waals surface area contributed by atoms with E-state index in [9.17, 15) is 9.59 Å².